The number of ether oxygens (including phenoxy) is 2. The lowest BCUT2D eigenvalue weighted by molar-refractivity contribution is 0.0865. The number of carbonyl (C=O) groups excluding carboxylic acids is 1. The Balaban J connectivity index is 2.20. The molecular weight excluding hydrogens is 344 g/mol. The molecule has 140 valence electrons. The van der Waals surface area contributed by atoms with E-state index in [1.165, 1.54) is 0 Å². The summed E-state index contributed by atoms with van der Waals surface area (Å²) in [5.41, 5.74) is 0.672. The smallest absolute Gasteiger partial charge is 0.409 e. The fraction of sp³-hybridized carbons (Fsp3) is 0.588. The van der Waals surface area contributed by atoms with Crippen LogP contribution in [0.15, 0.2) is 24.3 Å². The number of sulfonamides is 1. The Kier molecular flexibility index (Phi) is 6.29. The molecule has 0 aromatic heterocycles. The van der Waals surface area contributed by atoms with Gasteiger partial charge in [0.1, 0.15) is 5.75 Å². The maximum Gasteiger partial charge on any atom is 0.409 e. The van der Waals surface area contributed by atoms with Gasteiger partial charge in [-0.15, -0.1) is 0 Å². The summed E-state index contributed by atoms with van der Waals surface area (Å²) in [5.74, 6) is 0.749. The van der Waals surface area contributed by atoms with Crippen molar-refractivity contribution in [2.24, 2.45) is 0 Å². The van der Waals surface area contributed by atoms with Gasteiger partial charge in [0.2, 0.25) is 10.0 Å². The highest BCUT2D eigenvalue weighted by Crippen LogP contribution is 2.36. The SMILES string of the molecule is CCOC(=O)N1CCC(CNS(C)(=O)=O)(c2ccc(OC)cc2)CC1. The van der Waals surface area contributed by atoms with Crippen LogP contribution in [0.5, 0.6) is 5.75 Å². The average Bonchev–Trinajstić information content (AvgIpc) is 2.60. The van der Waals surface area contributed by atoms with E-state index in [-0.39, 0.29) is 11.5 Å². The van der Waals surface area contributed by atoms with Crippen molar-refractivity contribution >= 4 is 16.1 Å². The van der Waals surface area contributed by atoms with Crippen LogP contribution in [-0.4, -0.2) is 59.0 Å². The number of carbonyl (C=O) groups is 1. The van der Waals surface area contributed by atoms with Gasteiger partial charge in [-0.25, -0.2) is 17.9 Å². The number of likely N-dealkylation sites (tertiary alicyclic amines) is 1. The first-order valence-electron chi connectivity index (χ1n) is 8.30. The molecule has 2 rings (SSSR count). The molecule has 0 spiro atoms. The minimum absolute atomic E-state index is 0.300. The lowest BCUT2D eigenvalue weighted by Crippen LogP contribution is -2.50. The third-order valence-electron chi connectivity index (χ3n) is 4.62. The molecule has 7 nitrogen and oxygen atoms in total. The van der Waals surface area contributed by atoms with Gasteiger partial charge in [-0.05, 0) is 37.5 Å². The zero-order valence-electron chi connectivity index (χ0n) is 14.9. The molecule has 0 aliphatic carbocycles. The quantitative estimate of drug-likeness (QED) is 0.824. The molecule has 1 N–H and O–H groups in total. The summed E-state index contributed by atoms with van der Waals surface area (Å²) < 4.78 is 36.1. The highest BCUT2D eigenvalue weighted by atomic mass is 32.2. The van der Waals surface area contributed by atoms with E-state index in [9.17, 15) is 13.2 Å². The van der Waals surface area contributed by atoms with Gasteiger partial charge in [-0.1, -0.05) is 12.1 Å². The van der Waals surface area contributed by atoms with Crippen LogP contribution < -0.4 is 9.46 Å². The van der Waals surface area contributed by atoms with Crippen LogP contribution in [-0.2, 0) is 20.2 Å². The molecule has 1 saturated heterocycles. The van der Waals surface area contributed by atoms with Gasteiger partial charge in [-0.3, -0.25) is 0 Å². The van der Waals surface area contributed by atoms with E-state index in [4.69, 9.17) is 9.47 Å². The van der Waals surface area contributed by atoms with Gasteiger partial charge in [-0.2, -0.15) is 0 Å². The molecule has 0 radical (unpaired) electrons. The highest BCUT2D eigenvalue weighted by molar-refractivity contribution is 7.88. The molecule has 0 saturated carbocycles. The fourth-order valence-corrected chi connectivity index (χ4v) is 3.65. The number of nitrogens with one attached hydrogen (secondary N) is 1. The van der Waals surface area contributed by atoms with Gasteiger partial charge in [0.05, 0.1) is 20.0 Å². The number of nitrogens with zero attached hydrogens (tertiary/aromatic N) is 1. The highest BCUT2D eigenvalue weighted by Gasteiger charge is 2.38. The van der Waals surface area contributed by atoms with E-state index < -0.39 is 10.0 Å². The van der Waals surface area contributed by atoms with E-state index in [0.29, 0.717) is 39.1 Å². The molecule has 1 fully saturated rings. The van der Waals surface area contributed by atoms with Crippen LogP contribution in [0.25, 0.3) is 0 Å². The molecule has 1 aromatic carbocycles. The number of piperidine rings is 1. The molecule has 1 heterocycles. The standard InChI is InChI=1S/C17H26N2O5S/c1-4-24-16(20)19-11-9-17(10-12-19,13-18-25(3,21)22)14-5-7-15(23-2)8-6-14/h5-8,18H,4,9-13H2,1-3H3. The van der Waals surface area contributed by atoms with Gasteiger partial charge >= 0.3 is 6.09 Å². The summed E-state index contributed by atoms with van der Waals surface area (Å²) in [6.07, 6.45) is 2.14. The van der Waals surface area contributed by atoms with Gasteiger partial charge in [0, 0.05) is 25.0 Å². The lowest BCUT2D eigenvalue weighted by atomic mass is 9.73. The van der Waals surface area contributed by atoms with Crippen LogP contribution in [0.4, 0.5) is 4.79 Å². The third-order valence-corrected chi connectivity index (χ3v) is 5.29. The molecule has 0 bridgehead atoms. The summed E-state index contributed by atoms with van der Waals surface area (Å²) in [4.78, 5) is 13.6. The van der Waals surface area contributed by atoms with Crippen molar-refractivity contribution < 1.29 is 22.7 Å². The van der Waals surface area contributed by atoms with Crippen LogP contribution in [0.2, 0.25) is 0 Å². The largest absolute Gasteiger partial charge is 0.497 e. The number of rotatable bonds is 6. The Morgan fingerprint density at radius 2 is 1.84 bits per heavy atom. The molecule has 1 aromatic rings. The van der Waals surface area contributed by atoms with Crippen molar-refractivity contribution in [3.8, 4) is 5.75 Å². The van der Waals surface area contributed by atoms with Crippen LogP contribution in [0.3, 0.4) is 0 Å². The second kappa shape index (κ2) is 8.05. The Morgan fingerprint density at radius 1 is 1.24 bits per heavy atom. The van der Waals surface area contributed by atoms with E-state index in [1.54, 1.807) is 18.9 Å². The Bertz CT molecular complexity index is 679. The van der Waals surface area contributed by atoms with E-state index in [2.05, 4.69) is 4.72 Å². The minimum atomic E-state index is -3.30. The molecule has 8 heteroatoms. The maximum absolute atomic E-state index is 11.9. The van der Waals surface area contributed by atoms with Crippen molar-refractivity contribution in [3.05, 3.63) is 29.8 Å². The molecule has 0 atom stereocenters. The average molecular weight is 370 g/mol. The first kappa shape index (κ1) is 19.5. The molecule has 1 aliphatic rings. The predicted molar refractivity (Wildman–Crippen MR) is 95.3 cm³/mol. The molecule has 25 heavy (non-hydrogen) atoms. The summed E-state index contributed by atoms with van der Waals surface area (Å²) in [7, 11) is -1.70. The number of amides is 1. The van der Waals surface area contributed by atoms with Crippen LogP contribution in [0, 0.1) is 0 Å². The zero-order valence-corrected chi connectivity index (χ0v) is 15.8. The summed E-state index contributed by atoms with van der Waals surface area (Å²) in [6, 6.07) is 7.66. The van der Waals surface area contributed by atoms with Crippen molar-refractivity contribution in [1.29, 1.82) is 0 Å². The summed E-state index contributed by atoms with van der Waals surface area (Å²) in [6.45, 7) is 3.47. The predicted octanol–water partition coefficient (Wildman–Crippen LogP) is 1.73. The van der Waals surface area contributed by atoms with Crippen LogP contribution >= 0.6 is 0 Å². The Hall–Kier alpha value is -1.80. The van der Waals surface area contributed by atoms with Gasteiger partial charge < -0.3 is 14.4 Å². The molecular formula is C17H26N2O5S. The van der Waals surface area contributed by atoms with Gasteiger partial charge in [0.25, 0.3) is 0 Å². The monoisotopic (exact) mass is 370 g/mol. The van der Waals surface area contributed by atoms with Crippen molar-refractivity contribution in [1.82, 2.24) is 9.62 Å². The summed E-state index contributed by atoms with van der Waals surface area (Å²) >= 11 is 0. The first-order chi connectivity index (χ1) is 11.8. The Morgan fingerprint density at radius 3 is 2.32 bits per heavy atom. The van der Waals surface area contributed by atoms with Crippen molar-refractivity contribution in [2.75, 3.05) is 39.6 Å². The van der Waals surface area contributed by atoms with Gasteiger partial charge in [0.15, 0.2) is 0 Å². The lowest BCUT2D eigenvalue weighted by Gasteiger charge is -2.42. The second-order valence-corrected chi connectivity index (χ2v) is 8.12. The zero-order chi connectivity index (χ0) is 18.5. The molecule has 1 amide bonds. The maximum atomic E-state index is 11.9. The number of hydrogen-bond donors (Lipinski definition) is 1. The van der Waals surface area contributed by atoms with Crippen molar-refractivity contribution in [3.63, 3.8) is 0 Å². The fourth-order valence-electron chi connectivity index (χ4n) is 3.11. The van der Waals surface area contributed by atoms with E-state index >= 15 is 0 Å². The van der Waals surface area contributed by atoms with E-state index in [0.717, 1.165) is 17.6 Å². The van der Waals surface area contributed by atoms with Crippen LogP contribution in [0.1, 0.15) is 25.3 Å². The number of methoxy groups -OCH3 is 1. The second-order valence-electron chi connectivity index (χ2n) is 6.29. The Labute approximate surface area is 149 Å². The topological polar surface area (TPSA) is 84.9 Å². The summed E-state index contributed by atoms with van der Waals surface area (Å²) in [5, 5.41) is 0. The number of benzene rings is 1. The molecule has 1 aliphatic heterocycles. The first-order valence-corrected chi connectivity index (χ1v) is 10.2. The third kappa shape index (κ3) is 5.09. The minimum Gasteiger partial charge on any atom is -0.497 e. The molecule has 0 unspecified atom stereocenters. The number of hydrogen-bond acceptors (Lipinski definition) is 5. The van der Waals surface area contributed by atoms with Crippen molar-refractivity contribution in [2.45, 2.75) is 25.2 Å². The normalized spacial score (nSPS) is 17.2. The van der Waals surface area contributed by atoms with E-state index in [1.807, 2.05) is 24.3 Å².